The third-order valence-corrected chi connectivity index (χ3v) is 6.72. The van der Waals surface area contributed by atoms with Gasteiger partial charge in [0.2, 0.25) is 11.7 Å². The zero-order chi connectivity index (χ0) is 22.1. The van der Waals surface area contributed by atoms with Gasteiger partial charge in [0.15, 0.2) is 0 Å². The molecule has 2 aliphatic rings. The number of carbonyl (C=O) groups excluding carboxylic acids is 2. The molecule has 1 aromatic heterocycles. The minimum atomic E-state index is -0.623. The number of nitrogens with zero attached hydrogens (tertiary/aromatic N) is 3. The fraction of sp³-hybridized carbons (Fsp3) is 0.818. The van der Waals surface area contributed by atoms with E-state index in [1.54, 1.807) is 0 Å². The maximum Gasteiger partial charge on any atom is 0.286 e. The van der Waals surface area contributed by atoms with E-state index in [2.05, 4.69) is 20.4 Å². The number of ether oxygens (including phenoxy) is 1. The van der Waals surface area contributed by atoms with Crippen molar-refractivity contribution in [3.63, 3.8) is 0 Å². The number of hydrogen-bond donors (Lipinski definition) is 1. The Morgan fingerprint density at radius 3 is 2.52 bits per heavy atom. The van der Waals surface area contributed by atoms with E-state index in [0.717, 1.165) is 64.3 Å². The van der Waals surface area contributed by atoms with Gasteiger partial charge in [-0.05, 0) is 25.2 Å². The third kappa shape index (κ3) is 7.88. The SMILES string of the molecule is CC(C)C[C@H](NC(=O)C1CCCCCC1)C(=O)c1nnc(SCCN2CCOCC2)o1. The zero-order valence-corrected chi connectivity index (χ0v) is 19.6. The Labute approximate surface area is 189 Å². The average Bonchev–Trinajstić information content (AvgIpc) is 3.05. The summed E-state index contributed by atoms with van der Waals surface area (Å²) in [7, 11) is 0. The second-order valence-electron chi connectivity index (χ2n) is 8.92. The summed E-state index contributed by atoms with van der Waals surface area (Å²) >= 11 is 1.45. The number of aromatic nitrogens is 2. The van der Waals surface area contributed by atoms with Crippen molar-refractivity contribution in [2.75, 3.05) is 38.6 Å². The van der Waals surface area contributed by atoms with Crippen molar-refractivity contribution >= 4 is 23.5 Å². The van der Waals surface area contributed by atoms with E-state index in [1.807, 2.05) is 13.8 Å². The molecule has 2 fully saturated rings. The average molecular weight is 453 g/mol. The van der Waals surface area contributed by atoms with Gasteiger partial charge < -0.3 is 14.5 Å². The van der Waals surface area contributed by atoms with E-state index in [-0.39, 0.29) is 29.4 Å². The topological polar surface area (TPSA) is 97.6 Å². The maximum atomic E-state index is 13.1. The lowest BCUT2D eigenvalue weighted by Crippen LogP contribution is -2.44. The number of Topliss-reactive ketones (excluding diaryl/α,β-unsaturated/α-hetero) is 1. The van der Waals surface area contributed by atoms with Crippen LogP contribution in [0, 0.1) is 11.8 Å². The molecule has 1 saturated heterocycles. The Kier molecular flexibility index (Phi) is 9.80. The molecular weight excluding hydrogens is 416 g/mol. The largest absolute Gasteiger partial charge is 0.408 e. The molecule has 2 heterocycles. The van der Waals surface area contributed by atoms with Gasteiger partial charge in [-0.3, -0.25) is 14.5 Å². The van der Waals surface area contributed by atoms with E-state index in [0.29, 0.717) is 11.6 Å². The number of carbonyl (C=O) groups is 2. The van der Waals surface area contributed by atoms with E-state index < -0.39 is 6.04 Å². The summed E-state index contributed by atoms with van der Waals surface area (Å²) < 4.78 is 11.0. The van der Waals surface area contributed by atoms with Crippen LogP contribution in [-0.4, -0.2) is 71.4 Å². The Hall–Kier alpha value is -1.45. The summed E-state index contributed by atoms with van der Waals surface area (Å²) in [6.45, 7) is 8.41. The third-order valence-electron chi connectivity index (χ3n) is 5.92. The molecule has 0 bridgehead atoms. The highest BCUT2D eigenvalue weighted by Crippen LogP contribution is 2.24. The molecule has 174 valence electrons. The molecule has 1 saturated carbocycles. The predicted molar refractivity (Wildman–Crippen MR) is 119 cm³/mol. The number of hydrogen-bond acceptors (Lipinski definition) is 8. The van der Waals surface area contributed by atoms with Crippen molar-refractivity contribution in [3.05, 3.63) is 5.89 Å². The first kappa shape index (κ1) is 24.2. The first-order valence-corrected chi connectivity index (χ1v) is 12.6. The Morgan fingerprint density at radius 2 is 1.84 bits per heavy atom. The fourth-order valence-electron chi connectivity index (χ4n) is 4.14. The predicted octanol–water partition coefficient (Wildman–Crippen LogP) is 3.18. The second-order valence-corrected chi connectivity index (χ2v) is 9.97. The Morgan fingerprint density at radius 1 is 1.13 bits per heavy atom. The number of ketones is 1. The second kappa shape index (κ2) is 12.6. The summed E-state index contributed by atoms with van der Waals surface area (Å²) in [5.41, 5.74) is 0. The van der Waals surface area contributed by atoms with Gasteiger partial charge in [0, 0.05) is 31.3 Å². The molecule has 3 rings (SSSR count). The van der Waals surface area contributed by atoms with Gasteiger partial charge in [-0.1, -0.05) is 51.3 Å². The number of thioether (sulfide) groups is 1. The van der Waals surface area contributed by atoms with Crippen molar-refractivity contribution in [1.82, 2.24) is 20.4 Å². The molecule has 8 nitrogen and oxygen atoms in total. The van der Waals surface area contributed by atoms with Gasteiger partial charge in [0.05, 0.1) is 19.3 Å². The molecule has 1 atom stereocenters. The number of amides is 1. The normalized spacial score (nSPS) is 19.8. The molecule has 1 aromatic rings. The van der Waals surface area contributed by atoms with Gasteiger partial charge in [-0.2, -0.15) is 0 Å². The minimum Gasteiger partial charge on any atom is -0.408 e. The van der Waals surface area contributed by atoms with E-state index in [9.17, 15) is 9.59 Å². The molecule has 31 heavy (non-hydrogen) atoms. The van der Waals surface area contributed by atoms with Gasteiger partial charge in [-0.25, -0.2) is 0 Å². The van der Waals surface area contributed by atoms with Crippen LogP contribution in [0.5, 0.6) is 0 Å². The van der Waals surface area contributed by atoms with Crippen LogP contribution in [0.25, 0.3) is 0 Å². The monoisotopic (exact) mass is 452 g/mol. The van der Waals surface area contributed by atoms with Crippen LogP contribution in [0.15, 0.2) is 9.64 Å². The molecule has 1 N–H and O–H groups in total. The minimum absolute atomic E-state index is 0.000971. The van der Waals surface area contributed by atoms with Crippen LogP contribution in [0.4, 0.5) is 0 Å². The first-order valence-electron chi connectivity index (χ1n) is 11.6. The van der Waals surface area contributed by atoms with E-state index >= 15 is 0 Å². The lowest BCUT2D eigenvalue weighted by Gasteiger charge is -2.25. The Balaban J connectivity index is 1.54. The zero-order valence-electron chi connectivity index (χ0n) is 18.8. The maximum absolute atomic E-state index is 13.1. The summed E-state index contributed by atoms with van der Waals surface area (Å²) in [4.78, 5) is 28.2. The van der Waals surface area contributed by atoms with Crippen molar-refractivity contribution in [2.24, 2.45) is 11.8 Å². The molecule has 1 aliphatic heterocycles. The lowest BCUT2D eigenvalue weighted by atomic mass is 9.96. The quantitative estimate of drug-likeness (QED) is 0.328. The van der Waals surface area contributed by atoms with Crippen molar-refractivity contribution in [1.29, 1.82) is 0 Å². The Bertz CT molecular complexity index is 697. The summed E-state index contributed by atoms with van der Waals surface area (Å²) in [5, 5.41) is 11.4. The van der Waals surface area contributed by atoms with Gasteiger partial charge in [0.1, 0.15) is 0 Å². The van der Waals surface area contributed by atoms with Crippen LogP contribution in [0.2, 0.25) is 0 Å². The highest BCUT2D eigenvalue weighted by atomic mass is 32.2. The molecule has 0 spiro atoms. The summed E-state index contributed by atoms with van der Waals surface area (Å²) in [6, 6.07) is -0.623. The van der Waals surface area contributed by atoms with Crippen LogP contribution < -0.4 is 5.32 Å². The van der Waals surface area contributed by atoms with Crippen molar-refractivity contribution in [3.8, 4) is 0 Å². The van der Waals surface area contributed by atoms with Crippen LogP contribution in [0.3, 0.4) is 0 Å². The van der Waals surface area contributed by atoms with Gasteiger partial charge >= 0.3 is 0 Å². The molecule has 9 heteroatoms. The molecule has 0 radical (unpaired) electrons. The highest BCUT2D eigenvalue weighted by Gasteiger charge is 2.30. The smallest absolute Gasteiger partial charge is 0.286 e. The van der Waals surface area contributed by atoms with Crippen LogP contribution >= 0.6 is 11.8 Å². The van der Waals surface area contributed by atoms with Crippen LogP contribution in [-0.2, 0) is 9.53 Å². The first-order chi connectivity index (χ1) is 15.0. The molecule has 1 aliphatic carbocycles. The number of rotatable bonds is 10. The van der Waals surface area contributed by atoms with Crippen molar-refractivity contribution in [2.45, 2.75) is 70.1 Å². The van der Waals surface area contributed by atoms with Crippen molar-refractivity contribution < 1.29 is 18.7 Å². The molecule has 0 aromatic carbocycles. The fourth-order valence-corrected chi connectivity index (χ4v) is 4.90. The molecule has 1 amide bonds. The van der Waals surface area contributed by atoms with Crippen LogP contribution in [0.1, 0.15) is 69.5 Å². The van der Waals surface area contributed by atoms with E-state index in [4.69, 9.17) is 9.15 Å². The standard InChI is InChI=1S/C22H36N4O4S/c1-16(2)15-18(23-20(28)17-7-5-3-4-6-8-17)19(27)21-24-25-22(30-21)31-14-11-26-9-12-29-13-10-26/h16-18H,3-15H2,1-2H3,(H,23,28)/t18-/m0/s1. The van der Waals surface area contributed by atoms with Gasteiger partial charge in [0.25, 0.3) is 11.1 Å². The van der Waals surface area contributed by atoms with Gasteiger partial charge in [-0.15, -0.1) is 10.2 Å². The highest BCUT2D eigenvalue weighted by molar-refractivity contribution is 7.99. The number of nitrogens with one attached hydrogen (secondary N) is 1. The summed E-state index contributed by atoms with van der Waals surface area (Å²) in [6.07, 6.45) is 6.89. The van der Waals surface area contributed by atoms with E-state index in [1.165, 1.54) is 24.6 Å². The molecular formula is C22H36N4O4S. The number of morpholine rings is 1. The molecule has 0 unspecified atom stereocenters. The lowest BCUT2D eigenvalue weighted by molar-refractivity contribution is -0.126. The summed E-state index contributed by atoms with van der Waals surface area (Å²) in [5.74, 6) is 0.751.